The summed E-state index contributed by atoms with van der Waals surface area (Å²) in [4.78, 5) is 0. The molecule has 0 aromatic heterocycles. The summed E-state index contributed by atoms with van der Waals surface area (Å²) in [5.41, 5.74) is 3.07. The van der Waals surface area contributed by atoms with Crippen molar-refractivity contribution < 1.29 is 9.84 Å². The molecule has 80 valence electrons. The molecule has 1 saturated carbocycles. The van der Waals surface area contributed by atoms with Crippen molar-refractivity contribution in [3.63, 3.8) is 0 Å². The highest BCUT2D eigenvalue weighted by Crippen LogP contribution is 2.53. The molecule has 1 aliphatic carbocycles. The molecule has 0 radical (unpaired) electrons. The molecule has 1 fully saturated rings. The predicted molar refractivity (Wildman–Crippen MR) is 57.2 cm³/mol. The van der Waals surface area contributed by atoms with E-state index < -0.39 is 5.60 Å². The van der Waals surface area contributed by atoms with Crippen LogP contribution in [0.2, 0.25) is 0 Å². The summed E-state index contributed by atoms with van der Waals surface area (Å²) in [6, 6.07) is 6.28. The highest BCUT2D eigenvalue weighted by Gasteiger charge is 2.52. The predicted octanol–water partition coefficient (Wildman–Crippen LogP) is 2.33. The molecular weight excluding hydrogens is 188 g/mol. The Hall–Kier alpha value is -0.860. The molecule has 0 saturated heterocycles. The Balaban J connectivity index is 1.94. The number of hydrogen-bond donors (Lipinski definition) is 1. The summed E-state index contributed by atoms with van der Waals surface area (Å²) in [5, 5.41) is 10.4. The maximum Gasteiger partial charge on any atom is 0.0929 e. The van der Waals surface area contributed by atoms with E-state index >= 15 is 0 Å². The molecule has 0 bridgehead atoms. The van der Waals surface area contributed by atoms with Crippen LogP contribution < -0.4 is 0 Å². The number of hydrogen-bond acceptors (Lipinski definition) is 2. The van der Waals surface area contributed by atoms with E-state index in [4.69, 9.17) is 4.74 Å². The van der Waals surface area contributed by atoms with E-state index in [1.54, 1.807) is 0 Å². The van der Waals surface area contributed by atoms with Crippen molar-refractivity contribution in [3.05, 3.63) is 34.9 Å². The van der Waals surface area contributed by atoms with Gasteiger partial charge >= 0.3 is 0 Å². The van der Waals surface area contributed by atoms with Crippen LogP contribution in [0, 0.1) is 5.92 Å². The van der Waals surface area contributed by atoms with Gasteiger partial charge in [-0.1, -0.05) is 31.5 Å². The molecule has 2 aliphatic rings. The average Bonchev–Trinajstić information content (AvgIpc) is 2.74. The summed E-state index contributed by atoms with van der Waals surface area (Å²) in [6.45, 7) is 3.57. The summed E-state index contributed by atoms with van der Waals surface area (Å²) in [5.74, 6) is 0.456. The van der Waals surface area contributed by atoms with Gasteiger partial charge in [0.2, 0.25) is 0 Å². The number of aliphatic hydroxyl groups is 1. The summed E-state index contributed by atoms with van der Waals surface area (Å²) in [7, 11) is 0. The van der Waals surface area contributed by atoms with Crippen LogP contribution in [0.15, 0.2) is 18.2 Å². The van der Waals surface area contributed by atoms with E-state index in [0.29, 0.717) is 12.5 Å². The molecule has 2 nitrogen and oxygen atoms in total. The highest BCUT2D eigenvalue weighted by atomic mass is 16.5. The molecule has 2 unspecified atom stereocenters. The van der Waals surface area contributed by atoms with Crippen LogP contribution in [0.3, 0.4) is 0 Å². The van der Waals surface area contributed by atoms with E-state index in [2.05, 4.69) is 25.1 Å². The van der Waals surface area contributed by atoms with Crippen molar-refractivity contribution in [3.8, 4) is 0 Å². The third-order valence-corrected chi connectivity index (χ3v) is 3.79. The molecule has 2 atom stereocenters. The minimum Gasteiger partial charge on any atom is -0.385 e. The Kier molecular flexibility index (Phi) is 1.91. The molecule has 2 heteroatoms. The van der Waals surface area contributed by atoms with Crippen molar-refractivity contribution >= 4 is 0 Å². The molecule has 15 heavy (non-hydrogen) atoms. The van der Waals surface area contributed by atoms with Gasteiger partial charge in [0.1, 0.15) is 0 Å². The van der Waals surface area contributed by atoms with Crippen LogP contribution in [-0.2, 0) is 23.6 Å². The highest BCUT2D eigenvalue weighted by molar-refractivity contribution is 5.38. The van der Waals surface area contributed by atoms with Gasteiger partial charge in [0.15, 0.2) is 0 Å². The lowest BCUT2D eigenvalue weighted by atomic mass is 9.99. The number of rotatable bonds is 2. The van der Waals surface area contributed by atoms with E-state index in [1.165, 1.54) is 11.1 Å². The summed E-state index contributed by atoms with van der Waals surface area (Å²) >= 11 is 0. The minimum atomic E-state index is -0.535. The van der Waals surface area contributed by atoms with E-state index in [9.17, 15) is 5.11 Å². The van der Waals surface area contributed by atoms with E-state index in [1.807, 2.05) is 0 Å². The molecule has 0 spiro atoms. The van der Waals surface area contributed by atoms with Crippen LogP contribution >= 0.6 is 0 Å². The van der Waals surface area contributed by atoms with Crippen molar-refractivity contribution in [1.82, 2.24) is 0 Å². The largest absolute Gasteiger partial charge is 0.385 e. The number of ether oxygens (including phenoxy) is 1. The second kappa shape index (κ2) is 3.06. The Morgan fingerprint density at radius 3 is 2.93 bits per heavy atom. The summed E-state index contributed by atoms with van der Waals surface area (Å²) in [6.07, 6.45) is 1.98. The first kappa shape index (κ1) is 9.37. The number of benzene rings is 1. The standard InChI is InChI=1S/C13H16O2/c1-2-11-6-13(11,14)12-4-3-9-7-15-8-10(9)5-12/h3-5,11,14H,2,6-8H2,1H3. The molecular formula is C13H16O2. The van der Waals surface area contributed by atoms with Crippen LogP contribution in [0.4, 0.5) is 0 Å². The van der Waals surface area contributed by atoms with Crippen molar-refractivity contribution in [2.24, 2.45) is 5.92 Å². The molecule has 1 aromatic rings. The van der Waals surface area contributed by atoms with Gasteiger partial charge in [0, 0.05) is 0 Å². The first-order chi connectivity index (χ1) is 7.24. The molecule has 1 heterocycles. The SMILES string of the molecule is CCC1CC1(O)c1ccc2c(c1)COC2. The smallest absolute Gasteiger partial charge is 0.0929 e. The lowest BCUT2D eigenvalue weighted by molar-refractivity contribution is 0.129. The zero-order valence-corrected chi connectivity index (χ0v) is 8.99. The van der Waals surface area contributed by atoms with Gasteiger partial charge in [-0.05, 0) is 29.0 Å². The van der Waals surface area contributed by atoms with Crippen LogP contribution in [-0.4, -0.2) is 5.11 Å². The van der Waals surface area contributed by atoms with Gasteiger partial charge in [-0.2, -0.15) is 0 Å². The zero-order valence-electron chi connectivity index (χ0n) is 8.99. The second-order valence-electron chi connectivity index (χ2n) is 4.71. The zero-order chi connectivity index (χ0) is 10.5. The van der Waals surface area contributed by atoms with Crippen LogP contribution in [0.5, 0.6) is 0 Å². The van der Waals surface area contributed by atoms with Crippen LogP contribution in [0.25, 0.3) is 0 Å². The van der Waals surface area contributed by atoms with Crippen molar-refractivity contribution in [2.45, 2.75) is 38.6 Å². The fourth-order valence-corrected chi connectivity index (χ4v) is 2.59. The Labute approximate surface area is 89.9 Å². The van der Waals surface area contributed by atoms with Crippen molar-refractivity contribution in [1.29, 1.82) is 0 Å². The van der Waals surface area contributed by atoms with Crippen LogP contribution in [0.1, 0.15) is 36.5 Å². The van der Waals surface area contributed by atoms with E-state index in [0.717, 1.165) is 25.0 Å². The summed E-state index contributed by atoms with van der Waals surface area (Å²) < 4.78 is 5.37. The lowest BCUT2D eigenvalue weighted by Crippen LogP contribution is -2.08. The van der Waals surface area contributed by atoms with Gasteiger partial charge in [0.25, 0.3) is 0 Å². The first-order valence-electron chi connectivity index (χ1n) is 5.66. The van der Waals surface area contributed by atoms with Gasteiger partial charge in [-0.25, -0.2) is 0 Å². The number of fused-ring (bicyclic) bond motifs is 1. The van der Waals surface area contributed by atoms with Crippen molar-refractivity contribution in [2.75, 3.05) is 0 Å². The van der Waals surface area contributed by atoms with Gasteiger partial charge in [0.05, 0.1) is 18.8 Å². The Morgan fingerprint density at radius 2 is 2.20 bits per heavy atom. The Morgan fingerprint density at radius 1 is 1.40 bits per heavy atom. The molecule has 1 aromatic carbocycles. The topological polar surface area (TPSA) is 29.5 Å². The minimum absolute atomic E-state index is 0.456. The molecule has 0 amide bonds. The molecule has 3 rings (SSSR count). The first-order valence-corrected chi connectivity index (χ1v) is 5.66. The fourth-order valence-electron chi connectivity index (χ4n) is 2.59. The van der Waals surface area contributed by atoms with Gasteiger partial charge < -0.3 is 9.84 Å². The normalized spacial score (nSPS) is 32.8. The molecule has 1 aliphatic heterocycles. The van der Waals surface area contributed by atoms with Gasteiger partial charge in [-0.15, -0.1) is 0 Å². The van der Waals surface area contributed by atoms with E-state index in [-0.39, 0.29) is 0 Å². The maximum atomic E-state index is 10.4. The fraction of sp³-hybridized carbons (Fsp3) is 0.538. The average molecular weight is 204 g/mol. The third kappa shape index (κ3) is 1.32. The second-order valence-corrected chi connectivity index (χ2v) is 4.71. The van der Waals surface area contributed by atoms with Gasteiger partial charge in [-0.3, -0.25) is 0 Å². The monoisotopic (exact) mass is 204 g/mol. The quantitative estimate of drug-likeness (QED) is 0.801. The maximum absolute atomic E-state index is 10.4. The Bertz CT molecular complexity index is 400. The third-order valence-electron chi connectivity index (χ3n) is 3.79. The molecule has 1 N–H and O–H groups in total. The lowest BCUT2D eigenvalue weighted by Gasteiger charge is -2.11.